The Bertz CT molecular complexity index is 2580. The Morgan fingerprint density at radius 2 is 0.604 bits per heavy atom. The quantitative estimate of drug-likeness (QED) is 0.171. The summed E-state index contributed by atoms with van der Waals surface area (Å²) in [4.78, 5) is 0. The molecule has 0 radical (unpaired) electrons. The van der Waals surface area contributed by atoms with Crippen LogP contribution in [0.5, 0.6) is 0 Å². The van der Waals surface area contributed by atoms with Gasteiger partial charge in [-0.15, -0.1) is 0 Å². The van der Waals surface area contributed by atoms with Gasteiger partial charge < -0.3 is 0 Å². The average molecular weight is 609 g/mol. The largest absolute Gasteiger partial charge is 0.0622 e. The molecule has 9 aromatic rings. The van der Waals surface area contributed by atoms with E-state index in [4.69, 9.17) is 0 Å². The molecule has 9 aromatic carbocycles. The molecule has 0 bridgehead atoms. The topological polar surface area (TPSA) is 0 Å². The van der Waals surface area contributed by atoms with Gasteiger partial charge in [0.1, 0.15) is 0 Å². The van der Waals surface area contributed by atoms with Gasteiger partial charge in [-0.3, -0.25) is 0 Å². The molecule has 0 heterocycles. The minimum absolute atomic E-state index is 1.21. The molecular formula is C48H32. The fourth-order valence-electron chi connectivity index (χ4n) is 7.30. The molecule has 224 valence electrons. The van der Waals surface area contributed by atoms with Crippen molar-refractivity contribution in [2.24, 2.45) is 0 Å². The summed E-state index contributed by atoms with van der Waals surface area (Å²) in [6.07, 6.45) is 0. The molecule has 0 spiro atoms. The van der Waals surface area contributed by atoms with Crippen molar-refractivity contribution >= 4 is 32.3 Å². The summed E-state index contributed by atoms with van der Waals surface area (Å²) in [5, 5.41) is 7.52. The van der Waals surface area contributed by atoms with E-state index >= 15 is 0 Å². The second kappa shape index (κ2) is 11.8. The fourth-order valence-corrected chi connectivity index (χ4v) is 7.30. The number of benzene rings is 9. The summed E-state index contributed by atoms with van der Waals surface area (Å²) in [5.74, 6) is 0. The Labute approximate surface area is 281 Å². The van der Waals surface area contributed by atoms with Crippen LogP contribution >= 0.6 is 0 Å². The third kappa shape index (κ3) is 4.96. The molecule has 9 rings (SSSR count). The summed E-state index contributed by atoms with van der Waals surface area (Å²) < 4.78 is 0. The van der Waals surface area contributed by atoms with Crippen molar-refractivity contribution in [3.05, 3.63) is 194 Å². The van der Waals surface area contributed by atoms with E-state index in [1.54, 1.807) is 0 Å². The van der Waals surface area contributed by atoms with Gasteiger partial charge in [-0.05, 0) is 112 Å². The first kappa shape index (κ1) is 28.0. The minimum Gasteiger partial charge on any atom is -0.0622 e. The minimum atomic E-state index is 1.21. The number of rotatable bonds is 5. The smallest absolute Gasteiger partial charge is 0.00257 e. The van der Waals surface area contributed by atoms with Gasteiger partial charge in [0, 0.05) is 0 Å². The maximum absolute atomic E-state index is 2.42. The van der Waals surface area contributed by atoms with Crippen LogP contribution in [-0.2, 0) is 0 Å². The summed E-state index contributed by atoms with van der Waals surface area (Å²) in [7, 11) is 0. The zero-order chi connectivity index (χ0) is 31.9. The first-order valence-electron chi connectivity index (χ1n) is 16.6. The molecule has 0 atom stereocenters. The van der Waals surface area contributed by atoms with Crippen LogP contribution in [0, 0.1) is 0 Å². The van der Waals surface area contributed by atoms with Crippen LogP contribution in [-0.4, -0.2) is 0 Å². The van der Waals surface area contributed by atoms with Gasteiger partial charge in [-0.1, -0.05) is 170 Å². The molecule has 48 heavy (non-hydrogen) atoms. The first-order chi connectivity index (χ1) is 23.8. The van der Waals surface area contributed by atoms with E-state index in [-0.39, 0.29) is 0 Å². The lowest BCUT2D eigenvalue weighted by Gasteiger charge is -2.20. The molecule has 0 amide bonds. The van der Waals surface area contributed by atoms with Crippen molar-refractivity contribution in [3.8, 4) is 55.6 Å². The second-order valence-electron chi connectivity index (χ2n) is 12.5. The molecular weight excluding hydrogens is 577 g/mol. The van der Waals surface area contributed by atoms with Gasteiger partial charge in [0.15, 0.2) is 0 Å². The lowest BCUT2D eigenvalue weighted by atomic mass is 9.83. The highest BCUT2D eigenvalue weighted by Crippen LogP contribution is 2.46. The first-order valence-corrected chi connectivity index (χ1v) is 16.6. The monoisotopic (exact) mass is 608 g/mol. The predicted octanol–water partition coefficient (Wildman–Crippen LogP) is 13.5. The van der Waals surface area contributed by atoms with Crippen LogP contribution in [0.2, 0.25) is 0 Å². The molecule has 0 aliphatic carbocycles. The van der Waals surface area contributed by atoms with Gasteiger partial charge in [0.25, 0.3) is 0 Å². The third-order valence-corrected chi connectivity index (χ3v) is 9.63. The van der Waals surface area contributed by atoms with E-state index in [0.29, 0.717) is 0 Å². The zero-order valence-corrected chi connectivity index (χ0v) is 26.5. The van der Waals surface area contributed by atoms with Crippen LogP contribution in [0.4, 0.5) is 0 Å². The average Bonchev–Trinajstić information content (AvgIpc) is 3.17. The fraction of sp³-hybridized carbons (Fsp3) is 0. The second-order valence-corrected chi connectivity index (χ2v) is 12.5. The zero-order valence-electron chi connectivity index (χ0n) is 26.5. The third-order valence-electron chi connectivity index (χ3n) is 9.63. The summed E-state index contributed by atoms with van der Waals surface area (Å²) >= 11 is 0. The van der Waals surface area contributed by atoms with E-state index < -0.39 is 0 Å². The summed E-state index contributed by atoms with van der Waals surface area (Å²) in [6.45, 7) is 0. The van der Waals surface area contributed by atoms with Gasteiger partial charge in [0.2, 0.25) is 0 Å². The predicted molar refractivity (Wildman–Crippen MR) is 206 cm³/mol. The van der Waals surface area contributed by atoms with Gasteiger partial charge in [-0.25, -0.2) is 0 Å². The number of hydrogen-bond acceptors (Lipinski definition) is 0. The number of fused-ring (bicyclic) bond motifs is 3. The van der Waals surface area contributed by atoms with Crippen LogP contribution in [0.1, 0.15) is 0 Å². The standard InChI is InChI=1S/C48H32/c1-4-13-33(14-5-1)38-21-12-22-39(29-38)41-26-28-44-46(32-41)48(42-24-23-35-17-10-11-20-37(35)30-42)45-31-40(34-15-6-2-7-16-34)25-27-43(45)47(44)36-18-8-3-9-19-36/h1-32H. The van der Waals surface area contributed by atoms with Crippen LogP contribution in [0.15, 0.2) is 194 Å². The molecule has 0 unspecified atom stereocenters. The molecule has 0 nitrogen and oxygen atoms in total. The molecule has 0 aliphatic rings. The van der Waals surface area contributed by atoms with Crippen LogP contribution in [0.3, 0.4) is 0 Å². The highest BCUT2D eigenvalue weighted by molar-refractivity contribution is 6.22. The molecule has 0 aromatic heterocycles. The molecule has 0 saturated carbocycles. The lowest BCUT2D eigenvalue weighted by Crippen LogP contribution is -1.93. The van der Waals surface area contributed by atoms with Crippen molar-refractivity contribution < 1.29 is 0 Å². The normalized spacial score (nSPS) is 11.3. The summed E-state index contributed by atoms with van der Waals surface area (Å²) in [5.41, 5.74) is 12.3. The van der Waals surface area contributed by atoms with E-state index in [1.165, 1.54) is 88.0 Å². The van der Waals surface area contributed by atoms with E-state index in [2.05, 4.69) is 194 Å². The Balaban J connectivity index is 1.39. The maximum Gasteiger partial charge on any atom is -0.00257 e. The van der Waals surface area contributed by atoms with Crippen molar-refractivity contribution in [2.75, 3.05) is 0 Å². The van der Waals surface area contributed by atoms with Gasteiger partial charge in [0.05, 0.1) is 0 Å². The summed E-state index contributed by atoms with van der Waals surface area (Å²) in [6, 6.07) is 70.9. The molecule has 0 N–H and O–H groups in total. The molecule has 0 heteroatoms. The SMILES string of the molecule is c1ccc(-c2cccc(-c3ccc4c(-c5ccccc5)c5ccc(-c6ccccc6)cc5c(-c5ccc6ccccc6c5)c4c3)c2)cc1. The van der Waals surface area contributed by atoms with Gasteiger partial charge in [-0.2, -0.15) is 0 Å². The Hall–Kier alpha value is -6.24. The lowest BCUT2D eigenvalue weighted by molar-refractivity contribution is 1.60. The highest BCUT2D eigenvalue weighted by atomic mass is 14.2. The molecule has 0 saturated heterocycles. The molecule has 0 aliphatic heterocycles. The van der Waals surface area contributed by atoms with Crippen LogP contribution in [0.25, 0.3) is 88.0 Å². The van der Waals surface area contributed by atoms with E-state index in [9.17, 15) is 0 Å². The Morgan fingerprint density at radius 1 is 0.188 bits per heavy atom. The Morgan fingerprint density at radius 3 is 1.21 bits per heavy atom. The maximum atomic E-state index is 2.42. The number of hydrogen-bond donors (Lipinski definition) is 0. The Kier molecular flexibility index (Phi) is 6.91. The highest BCUT2D eigenvalue weighted by Gasteiger charge is 2.19. The van der Waals surface area contributed by atoms with Gasteiger partial charge >= 0.3 is 0 Å². The van der Waals surface area contributed by atoms with Crippen molar-refractivity contribution in [3.63, 3.8) is 0 Å². The van der Waals surface area contributed by atoms with Crippen molar-refractivity contribution in [1.82, 2.24) is 0 Å². The molecule has 0 fully saturated rings. The van der Waals surface area contributed by atoms with E-state index in [1.807, 2.05) is 0 Å². The van der Waals surface area contributed by atoms with Crippen molar-refractivity contribution in [2.45, 2.75) is 0 Å². The van der Waals surface area contributed by atoms with E-state index in [0.717, 1.165) is 0 Å². The van der Waals surface area contributed by atoms with Crippen molar-refractivity contribution in [1.29, 1.82) is 0 Å². The van der Waals surface area contributed by atoms with Crippen LogP contribution < -0.4 is 0 Å².